The lowest BCUT2D eigenvalue weighted by Crippen LogP contribution is -2.60. The van der Waals surface area contributed by atoms with Crippen LogP contribution in [0.3, 0.4) is 0 Å². The highest BCUT2D eigenvalue weighted by Crippen LogP contribution is 2.39. The summed E-state index contributed by atoms with van der Waals surface area (Å²) in [4.78, 5) is 34.2. The van der Waals surface area contributed by atoms with Crippen LogP contribution >= 0.6 is 0 Å². The Labute approximate surface area is 172 Å². The second-order valence-corrected chi connectivity index (χ2v) is 8.16. The van der Waals surface area contributed by atoms with Gasteiger partial charge in [-0.25, -0.2) is 0 Å². The van der Waals surface area contributed by atoms with Crippen LogP contribution in [-0.2, 0) is 16.0 Å². The minimum Gasteiger partial charge on any atom is -0.338 e. The highest BCUT2D eigenvalue weighted by Gasteiger charge is 2.45. The van der Waals surface area contributed by atoms with Gasteiger partial charge in [-0.15, -0.1) is 0 Å². The number of hydrogen-bond donors (Lipinski definition) is 0. The van der Waals surface area contributed by atoms with Crippen molar-refractivity contribution in [3.8, 4) is 0 Å². The first-order valence-electron chi connectivity index (χ1n) is 10.7. The molecule has 0 saturated carbocycles. The van der Waals surface area contributed by atoms with Gasteiger partial charge in [0.2, 0.25) is 11.8 Å². The van der Waals surface area contributed by atoms with Gasteiger partial charge in [-0.05, 0) is 43.4 Å². The van der Waals surface area contributed by atoms with E-state index < -0.39 is 0 Å². The molecule has 5 nitrogen and oxygen atoms in total. The van der Waals surface area contributed by atoms with E-state index in [-0.39, 0.29) is 29.8 Å². The third-order valence-electron chi connectivity index (χ3n) is 6.41. The number of hydrogen-bond acceptors (Lipinski definition) is 3. The van der Waals surface area contributed by atoms with Crippen LogP contribution in [0, 0.1) is 0 Å². The summed E-state index contributed by atoms with van der Waals surface area (Å²) in [7, 11) is 0. The van der Waals surface area contributed by atoms with Gasteiger partial charge in [0.15, 0.2) is 0 Å². The topological polar surface area (TPSA) is 53.5 Å². The Morgan fingerprint density at radius 2 is 1.76 bits per heavy atom. The number of fused-ring (bicyclic) bond motifs is 1. The highest BCUT2D eigenvalue weighted by molar-refractivity contribution is 5.79. The lowest BCUT2D eigenvalue weighted by molar-refractivity contribution is -0.142. The molecule has 1 aromatic carbocycles. The van der Waals surface area contributed by atoms with Crippen molar-refractivity contribution in [2.24, 2.45) is 0 Å². The van der Waals surface area contributed by atoms with Crippen molar-refractivity contribution in [1.29, 1.82) is 0 Å². The van der Waals surface area contributed by atoms with Crippen molar-refractivity contribution in [2.75, 3.05) is 13.1 Å². The third kappa shape index (κ3) is 4.19. The summed E-state index contributed by atoms with van der Waals surface area (Å²) in [6.07, 6.45) is 5.91. The van der Waals surface area contributed by atoms with Gasteiger partial charge >= 0.3 is 0 Å². The fourth-order valence-corrected chi connectivity index (χ4v) is 5.11. The van der Waals surface area contributed by atoms with Crippen LogP contribution in [0.2, 0.25) is 0 Å². The molecule has 3 heterocycles. The number of carbonyl (C=O) groups excluding carboxylic acids is 2. The SMILES string of the molecule is CC(=O)N1CC[C@H](c2ccccc2)[C@@H]2[C@H]1CCCCN2C(=O)Cc1ccccn1. The predicted molar refractivity (Wildman–Crippen MR) is 112 cm³/mol. The van der Waals surface area contributed by atoms with E-state index in [1.54, 1.807) is 13.1 Å². The monoisotopic (exact) mass is 391 g/mol. The van der Waals surface area contributed by atoms with E-state index >= 15 is 0 Å². The van der Waals surface area contributed by atoms with Crippen molar-refractivity contribution in [1.82, 2.24) is 14.8 Å². The van der Waals surface area contributed by atoms with Crippen LogP contribution in [0.25, 0.3) is 0 Å². The van der Waals surface area contributed by atoms with E-state index in [2.05, 4.69) is 34.1 Å². The average Bonchev–Trinajstić information content (AvgIpc) is 2.97. The lowest BCUT2D eigenvalue weighted by Gasteiger charge is -2.49. The zero-order chi connectivity index (χ0) is 20.2. The maximum absolute atomic E-state index is 13.4. The minimum atomic E-state index is 0.0220. The van der Waals surface area contributed by atoms with Gasteiger partial charge < -0.3 is 9.80 Å². The Kier molecular flexibility index (Phi) is 5.93. The number of amides is 2. The van der Waals surface area contributed by atoms with E-state index in [4.69, 9.17) is 0 Å². The smallest absolute Gasteiger partial charge is 0.228 e. The Balaban J connectivity index is 1.68. The van der Waals surface area contributed by atoms with Crippen LogP contribution in [0.4, 0.5) is 0 Å². The van der Waals surface area contributed by atoms with Crippen molar-refractivity contribution in [3.05, 3.63) is 66.0 Å². The van der Waals surface area contributed by atoms with Crippen LogP contribution in [0.1, 0.15) is 49.8 Å². The molecule has 29 heavy (non-hydrogen) atoms. The molecule has 4 rings (SSSR count). The van der Waals surface area contributed by atoms with Gasteiger partial charge in [0, 0.05) is 37.8 Å². The van der Waals surface area contributed by atoms with E-state index in [1.165, 1.54) is 5.56 Å². The molecule has 2 aromatic rings. The molecule has 2 saturated heterocycles. The Morgan fingerprint density at radius 3 is 2.48 bits per heavy atom. The van der Waals surface area contributed by atoms with E-state index in [0.717, 1.165) is 44.5 Å². The zero-order valence-corrected chi connectivity index (χ0v) is 17.0. The molecule has 0 radical (unpaired) electrons. The van der Waals surface area contributed by atoms with Gasteiger partial charge in [0.25, 0.3) is 0 Å². The number of aromatic nitrogens is 1. The molecular formula is C24H29N3O2. The first-order chi connectivity index (χ1) is 14.1. The first-order valence-corrected chi connectivity index (χ1v) is 10.7. The van der Waals surface area contributed by atoms with E-state index in [0.29, 0.717) is 6.42 Å². The van der Waals surface area contributed by atoms with Crippen LogP contribution in [0.5, 0.6) is 0 Å². The van der Waals surface area contributed by atoms with Gasteiger partial charge in [-0.2, -0.15) is 0 Å². The molecule has 2 fully saturated rings. The maximum Gasteiger partial charge on any atom is 0.228 e. The van der Waals surface area contributed by atoms with Crippen molar-refractivity contribution >= 4 is 11.8 Å². The Hall–Kier alpha value is -2.69. The second kappa shape index (κ2) is 8.76. The van der Waals surface area contributed by atoms with Gasteiger partial charge in [-0.1, -0.05) is 36.4 Å². The van der Waals surface area contributed by atoms with Gasteiger partial charge in [0.05, 0.1) is 18.5 Å². The predicted octanol–water partition coefficient (Wildman–Crippen LogP) is 3.41. The van der Waals surface area contributed by atoms with E-state index in [1.807, 2.05) is 29.2 Å². The molecule has 0 unspecified atom stereocenters. The number of piperidine rings is 1. The number of pyridine rings is 1. The third-order valence-corrected chi connectivity index (χ3v) is 6.41. The fourth-order valence-electron chi connectivity index (χ4n) is 5.11. The molecule has 1 aromatic heterocycles. The molecule has 2 aliphatic rings. The van der Waals surface area contributed by atoms with Crippen molar-refractivity contribution in [3.63, 3.8) is 0 Å². The zero-order valence-electron chi connectivity index (χ0n) is 17.0. The lowest BCUT2D eigenvalue weighted by atomic mass is 9.78. The summed E-state index contributed by atoms with van der Waals surface area (Å²) < 4.78 is 0. The minimum absolute atomic E-state index is 0.0220. The summed E-state index contributed by atoms with van der Waals surface area (Å²) in [5.74, 6) is 0.486. The van der Waals surface area contributed by atoms with E-state index in [9.17, 15) is 9.59 Å². The molecule has 0 aliphatic carbocycles. The summed E-state index contributed by atoms with van der Waals surface area (Å²) >= 11 is 0. The summed E-state index contributed by atoms with van der Waals surface area (Å²) in [5.41, 5.74) is 2.07. The largest absolute Gasteiger partial charge is 0.338 e. The van der Waals surface area contributed by atoms with Gasteiger partial charge in [-0.3, -0.25) is 14.6 Å². The summed E-state index contributed by atoms with van der Waals surface area (Å²) in [6.45, 7) is 3.17. The Morgan fingerprint density at radius 1 is 0.966 bits per heavy atom. The number of carbonyl (C=O) groups is 2. The fraction of sp³-hybridized carbons (Fsp3) is 0.458. The maximum atomic E-state index is 13.4. The van der Waals surface area contributed by atoms with Crippen molar-refractivity contribution in [2.45, 2.75) is 57.0 Å². The average molecular weight is 392 g/mol. The molecule has 2 aliphatic heterocycles. The molecule has 2 amide bonds. The van der Waals surface area contributed by atoms with Crippen LogP contribution < -0.4 is 0 Å². The second-order valence-electron chi connectivity index (χ2n) is 8.16. The molecular weight excluding hydrogens is 362 g/mol. The Bertz CT molecular complexity index is 840. The van der Waals surface area contributed by atoms with Crippen LogP contribution in [0.15, 0.2) is 54.7 Å². The normalized spacial score (nSPS) is 24.5. The summed E-state index contributed by atoms with van der Waals surface area (Å²) in [6, 6.07) is 16.3. The summed E-state index contributed by atoms with van der Waals surface area (Å²) in [5, 5.41) is 0. The molecule has 152 valence electrons. The number of benzene rings is 1. The highest BCUT2D eigenvalue weighted by atomic mass is 16.2. The number of nitrogens with zero attached hydrogens (tertiary/aromatic N) is 3. The molecule has 0 N–H and O–H groups in total. The molecule has 3 atom stereocenters. The van der Waals surface area contributed by atoms with Crippen molar-refractivity contribution < 1.29 is 9.59 Å². The number of likely N-dealkylation sites (tertiary alicyclic amines) is 2. The molecule has 5 heteroatoms. The molecule has 0 spiro atoms. The van der Waals surface area contributed by atoms with Gasteiger partial charge in [0.1, 0.15) is 0 Å². The first kappa shape index (κ1) is 19.6. The van der Waals surface area contributed by atoms with Crippen LogP contribution in [-0.4, -0.2) is 51.8 Å². The molecule has 0 bridgehead atoms. The quantitative estimate of drug-likeness (QED) is 0.806. The standard InChI is InChI=1S/C24H29N3O2/c1-18(28)26-16-13-21(19-9-3-2-4-10-19)24-22(26)12-6-8-15-27(24)23(29)17-20-11-5-7-14-25-20/h2-5,7,9-11,14,21-22,24H,6,8,12-13,15-17H2,1H3/t21-,22-,24-/m1/s1. The number of rotatable bonds is 3.